The van der Waals surface area contributed by atoms with E-state index in [4.69, 9.17) is 9.47 Å². The zero-order valence-electron chi connectivity index (χ0n) is 16.9. The highest BCUT2D eigenvalue weighted by molar-refractivity contribution is 5.91. The molecule has 2 atom stereocenters. The number of ether oxygens (including phenoxy) is 2. The Balaban J connectivity index is 1.88. The van der Waals surface area contributed by atoms with Crippen LogP contribution in [0.3, 0.4) is 0 Å². The molecule has 2 saturated heterocycles. The maximum absolute atomic E-state index is 12.2. The zero-order chi connectivity index (χ0) is 19.3. The number of esters is 2. The number of hydrogen-bond donors (Lipinski definition) is 2. The molecule has 2 rings (SSSR count). The summed E-state index contributed by atoms with van der Waals surface area (Å²) >= 11 is 0. The molecule has 2 aliphatic rings. The molecule has 2 fully saturated rings. The highest BCUT2D eigenvalue weighted by Gasteiger charge is 2.48. The monoisotopic (exact) mass is 354 g/mol. The third-order valence-corrected chi connectivity index (χ3v) is 5.16. The number of nitrogens with one attached hydrogen (secondary N) is 2. The molecule has 0 aromatic heterocycles. The second-order valence-electron chi connectivity index (χ2n) is 10.0. The van der Waals surface area contributed by atoms with Crippen molar-refractivity contribution in [1.29, 1.82) is 0 Å². The van der Waals surface area contributed by atoms with Gasteiger partial charge in [-0.3, -0.25) is 9.59 Å². The predicted octanol–water partition coefficient (Wildman–Crippen LogP) is 2.30. The van der Waals surface area contributed by atoms with Crippen LogP contribution in [-0.2, 0) is 19.1 Å². The molecule has 0 spiro atoms. The molecular weight excluding hydrogens is 320 g/mol. The van der Waals surface area contributed by atoms with E-state index in [0.717, 1.165) is 0 Å². The van der Waals surface area contributed by atoms with Crippen LogP contribution < -0.4 is 10.6 Å². The normalized spacial score (nSPS) is 31.5. The summed E-state index contributed by atoms with van der Waals surface area (Å²) in [6.07, 6.45) is 0.570. The molecule has 6 heteroatoms. The lowest BCUT2D eigenvalue weighted by atomic mass is 9.97. The first-order chi connectivity index (χ1) is 11.1. The number of carbonyl (C=O) groups is 2. The van der Waals surface area contributed by atoms with Gasteiger partial charge in [-0.2, -0.15) is 0 Å². The lowest BCUT2D eigenvalue weighted by Crippen LogP contribution is -2.48. The van der Waals surface area contributed by atoms with E-state index in [-0.39, 0.29) is 40.8 Å². The van der Waals surface area contributed by atoms with E-state index < -0.39 is 11.9 Å². The fraction of sp³-hybridized carbons (Fsp3) is 0.895. The van der Waals surface area contributed by atoms with Gasteiger partial charge in [0, 0.05) is 23.9 Å². The minimum absolute atomic E-state index is 0.0971. The van der Waals surface area contributed by atoms with E-state index in [2.05, 4.69) is 38.3 Å². The Hall–Kier alpha value is -1.14. The fourth-order valence-corrected chi connectivity index (χ4v) is 4.34. The largest absolute Gasteiger partial charge is 0.460 e. The van der Waals surface area contributed by atoms with E-state index in [1.54, 1.807) is 0 Å². The summed E-state index contributed by atoms with van der Waals surface area (Å²) in [5.74, 6) is -1.05. The molecule has 6 nitrogen and oxygen atoms in total. The Bertz CT molecular complexity index is 504. The van der Waals surface area contributed by atoms with Crippen molar-refractivity contribution in [3.05, 3.63) is 0 Å². The molecule has 0 saturated carbocycles. The molecule has 0 bridgehead atoms. The van der Waals surface area contributed by atoms with E-state index in [9.17, 15) is 9.59 Å². The molecule has 0 aromatic rings. The molecule has 144 valence electrons. The molecular formula is C19H34N2O4. The summed E-state index contributed by atoms with van der Waals surface area (Å²) in [5, 5.41) is 6.91. The van der Waals surface area contributed by atoms with Gasteiger partial charge in [-0.1, -0.05) is 0 Å². The van der Waals surface area contributed by atoms with Crippen LogP contribution >= 0.6 is 0 Å². The van der Waals surface area contributed by atoms with Crippen LogP contribution in [0, 0.1) is 0 Å². The predicted molar refractivity (Wildman–Crippen MR) is 96.2 cm³/mol. The van der Waals surface area contributed by atoms with Gasteiger partial charge in [0.15, 0.2) is 0 Å². The van der Waals surface area contributed by atoms with E-state index in [0.29, 0.717) is 12.8 Å². The van der Waals surface area contributed by atoms with Gasteiger partial charge in [0.05, 0.1) is 11.1 Å². The maximum atomic E-state index is 12.2. The molecule has 25 heavy (non-hydrogen) atoms. The smallest absolute Gasteiger partial charge is 0.317 e. The first-order valence-corrected chi connectivity index (χ1v) is 9.10. The third-order valence-electron chi connectivity index (χ3n) is 5.16. The average molecular weight is 354 g/mol. The molecule has 2 N–H and O–H groups in total. The van der Waals surface area contributed by atoms with Gasteiger partial charge in [-0.05, 0) is 55.4 Å². The zero-order valence-corrected chi connectivity index (χ0v) is 16.9. The van der Waals surface area contributed by atoms with Gasteiger partial charge < -0.3 is 20.1 Å². The van der Waals surface area contributed by atoms with E-state index in [1.165, 1.54) is 0 Å². The van der Waals surface area contributed by atoms with Gasteiger partial charge in [0.1, 0.15) is 18.6 Å². The third kappa shape index (κ3) is 4.94. The SMILES string of the molecule is CC1(C)CC(OC(=O)CC(=O)OC2CC(C)(C)NC2(C)C)C(C)(C)N1. The second-order valence-corrected chi connectivity index (χ2v) is 10.0. The van der Waals surface area contributed by atoms with Gasteiger partial charge in [0.2, 0.25) is 0 Å². The van der Waals surface area contributed by atoms with Crippen molar-refractivity contribution in [3.63, 3.8) is 0 Å². The van der Waals surface area contributed by atoms with Gasteiger partial charge in [-0.15, -0.1) is 0 Å². The average Bonchev–Trinajstić information content (AvgIpc) is 2.65. The first-order valence-electron chi connectivity index (χ1n) is 9.10. The van der Waals surface area contributed by atoms with Crippen LogP contribution in [0.1, 0.15) is 74.7 Å². The summed E-state index contributed by atoms with van der Waals surface area (Å²) < 4.78 is 11.1. The number of hydrogen-bond acceptors (Lipinski definition) is 6. The van der Waals surface area contributed by atoms with Crippen molar-refractivity contribution < 1.29 is 19.1 Å². The van der Waals surface area contributed by atoms with Crippen LogP contribution in [0.4, 0.5) is 0 Å². The Morgan fingerprint density at radius 3 is 1.32 bits per heavy atom. The quantitative estimate of drug-likeness (QED) is 0.596. The van der Waals surface area contributed by atoms with Gasteiger partial charge >= 0.3 is 11.9 Å². The lowest BCUT2D eigenvalue weighted by molar-refractivity contribution is -0.162. The van der Waals surface area contributed by atoms with Crippen molar-refractivity contribution in [2.24, 2.45) is 0 Å². The second kappa shape index (κ2) is 6.23. The minimum atomic E-state index is -0.523. The van der Waals surface area contributed by atoms with Crippen molar-refractivity contribution in [1.82, 2.24) is 10.6 Å². The molecule has 2 heterocycles. The first kappa shape index (κ1) is 20.2. The Kier molecular flexibility index (Phi) is 5.03. The van der Waals surface area contributed by atoms with E-state index >= 15 is 0 Å². The molecule has 0 radical (unpaired) electrons. The summed E-state index contributed by atoms with van der Waals surface area (Å²) in [6.45, 7) is 16.3. The fourth-order valence-electron chi connectivity index (χ4n) is 4.34. The highest BCUT2D eigenvalue weighted by Crippen LogP contribution is 2.34. The van der Waals surface area contributed by atoms with E-state index in [1.807, 2.05) is 27.7 Å². The molecule has 0 amide bonds. The van der Waals surface area contributed by atoms with Crippen LogP contribution in [0.5, 0.6) is 0 Å². The molecule has 2 unspecified atom stereocenters. The molecule has 0 aromatic carbocycles. The summed E-state index contributed by atoms with van der Waals surface area (Å²) in [6, 6.07) is 0. The Morgan fingerprint density at radius 1 is 0.760 bits per heavy atom. The van der Waals surface area contributed by atoms with Gasteiger partial charge in [-0.25, -0.2) is 0 Å². The number of rotatable bonds is 4. The Labute approximate surface area is 151 Å². The Morgan fingerprint density at radius 2 is 1.08 bits per heavy atom. The van der Waals surface area contributed by atoms with Crippen molar-refractivity contribution >= 4 is 11.9 Å². The van der Waals surface area contributed by atoms with Crippen LogP contribution in [0.25, 0.3) is 0 Å². The van der Waals surface area contributed by atoms with Crippen molar-refractivity contribution in [2.45, 2.75) is 109 Å². The van der Waals surface area contributed by atoms with Crippen LogP contribution in [0.15, 0.2) is 0 Å². The highest BCUT2D eigenvalue weighted by atomic mass is 16.6. The van der Waals surface area contributed by atoms with Crippen molar-refractivity contribution in [3.8, 4) is 0 Å². The van der Waals surface area contributed by atoms with Gasteiger partial charge in [0.25, 0.3) is 0 Å². The topological polar surface area (TPSA) is 76.7 Å². The summed E-state index contributed by atoms with van der Waals surface area (Å²) in [4.78, 5) is 24.4. The molecule has 0 aliphatic carbocycles. The summed E-state index contributed by atoms with van der Waals surface area (Å²) in [5.41, 5.74) is -0.824. The van der Waals surface area contributed by atoms with Crippen LogP contribution in [0.2, 0.25) is 0 Å². The van der Waals surface area contributed by atoms with Crippen molar-refractivity contribution in [2.75, 3.05) is 0 Å². The lowest BCUT2D eigenvalue weighted by Gasteiger charge is -2.28. The standard InChI is InChI=1S/C19H34N2O4/c1-16(2)10-12(18(5,6)20-16)24-14(22)9-15(23)25-13-11-17(3,4)21-19(13,7)8/h12-13,20-21H,9-11H2,1-8H3. The summed E-state index contributed by atoms with van der Waals surface area (Å²) in [7, 11) is 0. The van der Waals surface area contributed by atoms with Crippen LogP contribution in [-0.4, -0.2) is 46.3 Å². The molecule has 2 aliphatic heterocycles. The maximum Gasteiger partial charge on any atom is 0.317 e. The number of carbonyl (C=O) groups excluding carboxylic acids is 2. The minimum Gasteiger partial charge on any atom is -0.460 e.